The van der Waals surface area contributed by atoms with Gasteiger partial charge in [-0.1, -0.05) is 43.7 Å². The van der Waals surface area contributed by atoms with Gasteiger partial charge in [0, 0.05) is 18.6 Å². The molecule has 0 radical (unpaired) electrons. The molecule has 0 aliphatic carbocycles. The first-order valence-electron chi connectivity index (χ1n) is 6.91. The fraction of sp³-hybridized carbons (Fsp3) is 0.467. The molecule has 20 heavy (non-hydrogen) atoms. The Morgan fingerprint density at radius 3 is 2.55 bits per heavy atom. The van der Waals surface area contributed by atoms with Crippen molar-refractivity contribution in [3.8, 4) is 0 Å². The standard InChI is InChI=1S/C15H23NO3S/c1-2-6-15(9-11-17)13-16-20(18,19)12-10-14-7-4-3-5-8-14/h3-5,7-8,10,12,15-17H,2,6,9,11,13H2,1H3/b12-10+. The molecule has 0 saturated carbocycles. The van der Waals surface area contributed by atoms with Gasteiger partial charge in [0.2, 0.25) is 10.0 Å². The van der Waals surface area contributed by atoms with Gasteiger partial charge in [0.15, 0.2) is 0 Å². The van der Waals surface area contributed by atoms with Gasteiger partial charge < -0.3 is 5.11 Å². The first kappa shape index (κ1) is 16.9. The lowest BCUT2D eigenvalue weighted by atomic mass is 10.0. The van der Waals surface area contributed by atoms with Gasteiger partial charge in [-0.15, -0.1) is 0 Å². The van der Waals surface area contributed by atoms with Crippen molar-refractivity contribution in [2.45, 2.75) is 26.2 Å². The van der Waals surface area contributed by atoms with Crippen molar-refractivity contribution >= 4 is 16.1 Å². The number of hydrogen-bond acceptors (Lipinski definition) is 3. The summed E-state index contributed by atoms with van der Waals surface area (Å²) < 4.78 is 26.3. The minimum Gasteiger partial charge on any atom is -0.396 e. The summed E-state index contributed by atoms with van der Waals surface area (Å²) in [7, 11) is -3.42. The van der Waals surface area contributed by atoms with Crippen LogP contribution in [0.1, 0.15) is 31.7 Å². The maximum absolute atomic E-state index is 11.9. The van der Waals surface area contributed by atoms with Crippen LogP contribution >= 0.6 is 0 Å². The Morgan fingerprint density at radius 1 is 1.25 bits per heavy atom. The van der Waals surface area contributed by atoms with Crippen LogP contribution in [0.3, 0.4) is 0 Å². The van der Waals surface area contributed by atoms with E-state index >= 15 is 0 Å². The number of aliphatic hydroxyl groups is 1. The van der Waals surface area contributed by atoms with E-state index in [-0.39, 0.29) is 12.5 Å². The molecule has 1 atom stereocenters. The highest BCUT2D eigenvalue weighted by Crippen LogP contribution is 2.10. The molecule has 0 fully saturated rings. The van der Waals surface area contributed by atoms with E-state index in [2.05, 4.69) is 4.72 Å². The van der Waals surface area contributed by atoms with Gasteiger partial charge >= 0.3 is 0 Å². The van der Waals surface area contributed by atoms with E-state index in [1.807, 2.05) is 37.3 Å². The van der Waals surface area contributed by atoms with Gasteiger partial charge in [0.1, 0.15) is 0 Å². The monoisotopic (exact) mass is 297 g/mol. The zero-order valence-corrected chi connectivity index (χ0v) is 12.6. The molecule has 0 aliphatic rings. The normalized spacial score (nSPS) is 13.7. The quantitative estimate of drug-likeness (QED) is 0.735. The van der Waals surface area contributed by atoms with Crippen LogP contribution in [0.25, 0.3) is 6.08 Å². The van der Waals surface area contributed by atoms with Gasteiger partial charge in [-0.3, -0.25) is 0 Å². The molecule has 4 nitrogen and oxygen atoms in total. The summed E-state index contributed by atoms with van der Waals surface area (Å²) in [5.74, 6) is 0.185. The molecule has 0 aliphatic heterocycles. The summed E-state index contributed by atoms with van der Waals surface area (Å²) in [4.78, 5) is 0. The minimum absolute atomic E-state index is 0.0895. The van der Waals surface area contributed by atoms with Gasteiger partial charge in [0.05, 0.1) is 0 Å². The van der Waals surface area contributed by atoms with Gasteiger partial charge in [-0.2, -0.15) is 0 Å². The first-order valence-corrected chi connectivity index (χ1v) is 8.45. The molecule has 0 spiro atoms. The number of sulfonamides is 1. The molecule has 112 valence electrons. The van der Waals surface area contributed by atoms with Crippen LogP contribution in [0, 0.1) is 5.92 Å². The topological polar surface area (TPSA) is 66.4 Å². The van der Waals surface area contributed by atoms with Crippen molar-refractivity contribution in [1.29, 1.82) is 0 Å². The summed E-state index contributed by atoms with van der Waals surface area (Å²) in [5, 5.41) is 10.1. The minimum atomic E-state index is -3.42. The van der Waals surface area contributed by atoms with Crippen LogP contribution in [0.15, 0.2) is 35.7 Å². The number of nitrogens with one attached hydrogen (secondary N) is 1. The third kappa shape index (κ3) is 6.84. The molecule has 0 saturated heterocycles. The van der Waals surface area contributed by atoms with Crippen molar-refractivity contribution in [3.63, 3.8) is 0 Å². The van der Waals surface area contributed by atoms with E-state index in [9.17, 15) is 8.42 Å². The summed E-state index contributed by atoms with van der Waals surface area (Å²) in [6.07, 6.45) is 4.08. The Balaban J connectivity index is 2.54. The van der Waals surface area contributed by atoms with Crippen molar-refractivity contribution < 1.29 is 13.5 Å². The average Bonchev–Trinajstić information content (AvgIpc) is 2.45. The Labute approximate surface area is 121 Å². The molecule has 1 unspecified atom stereocenters. The van der Waals surface area contributed by atoms with E-state index < -0.39 is 10.0 Å². The predicted octanol–water partition coefficient (Wildman–Crippen LogP) is 2.38. The number of rotatable bonds is 9. The summed E-state index contributed by atoms with van der Waals surface area (Å²) in [6.45, 7) is 2.51. The van der Waals surface area contributed by atoms with Crippen LogP contribution in [0.2, 0.25) is 0 Å². The van der Waals surface area contributed by atoms with Crippen molar-refractivity contribution in [1.82, 2.24) is 4.72 Å². The van der Waals surface area contributed by atoms with Crippen LogP contribution in [0.4, 0.5) is 0 Å². The predicted molar refractivity (Wildman–Crippen MR) is 82.5 cm³/mol. The number of benzene rings is 1. The summed E-state index contributed by atoms with van der Waals surface area (Å²) in [6, 6.07) is 9.29. The lowest BCUT2D eigenvalue weighted by Crippen LogP contribution is -2.28. The van der Waals surface area contributed by atoms with E-state index in [0.29, 0.717) is 13.0 Å². The van der Waals surface area contributed by atoms with Crippen molar-refractivity contribution in [3.05, 3.63) is 41.3 Å². The average molecular weight is 297 g/mol. The summed E-state index contributed by atoms with van der Waals surface area (Å²) in [5.41, 5.74) is 0.846. The molecule has 0 amide bonds. The van der Waals surface area contributed by atoms with E-state index in [1.165, 1.54) is 5.41 Å². The van der Waals surface area contributed by atoms with Gasteiger partial charge in [-0.25, -0.2) is 13.1 Å². The smallest absolute Gasteiger partial charge is 0.233 e. The molecule has 1 aromatic rings. The van der Waals surface area contributed by atoms with Gasteiger partial charge in [-0.05, 0) is 30.4 Å². The Kier molecular flexibility index (Phi) is 7.51. The van der Waals surface area contributed by atoms with E-state index in [1.54, 1.807) is 6.08 Å². The zero-order chi connectivity index (χ0) is 14.8. The van der Waals surface area contributed by atoms with E-state index in [0.717, 1.165) is 18.4 Å². The molecule has 1 aromatic carbocycles. The Morgan fingerprint density at radius 2 is 1.95 bits per heavy atom. The molecule has 5 heteroatoms. The summed E-state index contributed by atoms with van der Waals surface area (Å²) >= 11 is 0. The molecule has 0 bridgehead atoms. The van der Waals surface area contributed by atoms with Gasteiger partial charge in [0.25, 0.3) is 0 Å². The van der Waals surface area contributed by atoms with Crippen LogP contribution < -0.4 is 4.72 Å². The van der Waals surface area contributed by atoms with Crippen molar-refractivity contribution in [2.24, 2.45) is 5.92 Å². The highest BCUT2D eigenvalue weighted by Gasteiger charge is 2.11. The fourth-order valence-corrected chi connectivity index (χ4v) is 2.85. The third-order valence-corrected chi connectivity index (χ3v) is 4.11. The second-order valence-corrected chi connectivity index (χ2v) is 6.42. The zero-order valence-electron chi connectivity index (χ0n) is 11.8. The van der Waals surface area contributed by atoms with Crippen LogP contribution in [-0.2, 0) is 10.0 Å². The SMILES string of the molecule is CCCC(CCO)CNS(=O)(=O)/C=C/c1ccccc1. The molecule has 1 rings (SSSR count). The Bertz CT molecular complexity index is 491. The molecule has 0 heterocycles. The first-order chi connectivity index (χ1) is 9.57. The Hall–Kier alpha value is -1.17. The molecule has 2 N–H and O–H groups in total. The largest absolute Gasteiger partial charge is 0.396 e. The second kappa shape index (κ2) is 8.89. The van der Waals surface area contributed by atoms with Crippen LogP contribution in [-0.4, -0.2) is 26.7 Å². The fourth-order valence-electron chi connectivity index (χ4n) is 1.95. The second-order valence-electron chi connectivity index (χ2n) is 4.77. The third-order valence-electron chi connectivity index (χ3n) is 3.05. The lowest BCUT2D eigenvalue weighted by Gasteiger charge is -2.14. The molecule has 0 aromatic heterocycles. The maximum atomic E-state index is 11.9. The maximum Gasteiger partial charge on any atom is 0.233 e. The molecular formula is C15H23NO3S. The highest BCUT2D eigenvalue weighted by molar-refractivity contribution is 7.92. The van der Waals surface area contributed by atoms with Crippen molar-refractivity contribution in [2.75, 3.05) is 13.2 Å². The highest BCUT2D eigenvalue weighted by atomic mass is 32.2. The molecular weight excluding hydrogens is 274 g/mol. The van der Waals surface area contributed by atoms with Crippen LogP contribution in [0.5, 0.6) is 0 Å². The number of hydrogen-bond donors (Lipinski definition) is 2. The number of aliphatic hydroxyl groups excluding tert-OH is 1. The lowest BCUT2D eigenvalue weighted by molar-refractivity contribution is 0.251. The van der Waals surface area contributed by atoms with E-state index in [4.69, 9.17) is 5.11 Å².